The Bertz CT molecular complexity index is 375. The van der Waals surface area contributed by atoms with Crippen molar-refractivity contribution in [2.24, 2.45) is 3.77 Å². The standard InChI is InChI=1S/C8H11NOS2/c1-7-3-5-8(6-4-7)12(2,10)9-11/h3-6,11H,1-2H3. The molecule has 0 aliphatic rings. The summed E-state index contributed by atoms with van der Waals surface area (Å²) in [4.78, 5) is 0.725. The molecule has 2 nitrogen and oxygen atoms in total. The van der Waals surface area contributed by atoms with Gasteiger partial charge in [-0.05, 0) is 31.9 Å². The smallest absolute Gasteiger partial charge is 0.0829 e. The first-order valence-corrected chi connectivity index (χ1v) is 5.81. The molecule has 1 atom stereocenters. The van der Waals surface area contributed by atoms with Crippen LogP contribution in [0.25, 0.3) is 0 Å². The molecule has 0 bridgehead atoms. The van der Waals surface area contributed by atoms with Crippen molar-refractivity contribution >= 4 is 22.5 Å². The molecule has 1 unspecified atom stereocenters. The largest absolute Gasteiger partial charge is 0.244 e. The van der Waals surface area contributed by atoms with E-state index in [4.69, 9.17) is 0 Å². The predicted molar refractivity (Wildman–Crippen MR) is 54.9 cm³/mol. The van der Waals surface area contributed by atoms with Crippen molar-refractivity contribution in [3.8, 4) is 0 Å². The third-order valence-corrected chi connectivity index (χ3v) is 4.01. The van der Waals surface area contributed by atoms with Gasteiger partial charge in [0.2, 0.25) is 0 Å². The molecule has 0 amide bonds. The Hall–Kier alpha value is -0.480. The van der Waals surface area contributed by atoms with Crippen LogP contribution in [0.5, 0.6) is 0 Å². The zero-order valence-corrected chi connectivity index (χ0v) is 8.73. The summed E-state index contributed by atoms with van der Waals surface area (Å²) in [6.07, 6.45) is 1.57. The molecule has 0 heterocycles. The van der Waals surface area contributed by atoms with Gasteiger partial charge >= 0.3 is 0 Å². The summed E-state index contributed by atoms with van der Waals surface area (Å²) in [6.45, 7) is 1.99. The lowest BCUT2D eigenvalue weighted by Gasteiger charge is -2.01. The molecular weight excluding hydrogens is 190 g/mol. The van der Waals surface area contributed by atoms with Crippen LogP contribution in [-0.4, -0.2) is 10.5 Å². The number of hydrogen-bond donors (Lipinski definition) is 1. The lowest BCUT2D eigenvalue weighted by molar-refractivity contribution is 0.681. The molecule has 0 spiro atoms. The van der Waals surface area contributed by atoms with Crippen molar-refractivity contribution in [2.75, 3.05) is 6.26 Å². The van der Waals surface area contributed by atoms with E-state index in [1.807, 2.05) is 31.2 Å². The summed E-state index contributed by atoms with van der Waals surface area (Å²) >= 11 is 3.69. The van der Waals surface area contributed by atoms with Crippen LogP contribution < -0.4 is 0 Å². The highest BCUT2D eigenvalue weighted by molar-refractivity contribution is 7.99. The van der Waals surface area contributed by atoms with Gasteiger partial charge in [-0.1, -0.05) is 17.7 Å². The third-order valence-electron chi connectivity index (χ3n) is 1.61. The fourth-order valence-electron chi connectivity index (χ4n) is 0.838. The highest BCUT2D eigenvalue weighted by atomic mass is 32.2. The molecule has 0 saturated carbocycles. The van der Waals surface area contributed by atoms with Gasteiger partial charge in [-0.3, -0.25) is 0 Å². The molecule has 0 aliphatic carbocycles. The van der Waals surface area contributed by atoms with Crippen LogP contribution in [0.15, 0.2) is 32.9 Å². The first-order chi connectivity index (χ1) is 5.56. The Kier molecular flexibility index (Phi) is 2.80. The van der Waals surface area contributed by atoms with Gasteiger partial charge in [-0.15, -0.1) is 0 Å². The summed E-state index contributed by atoms with van der Waals surface area (Å²) in [6, 6.07) is 7.46. The Balaban J connectivity index is 3.24. The van der Waals surface area contributed by atoms with Crippen molar-refractivity contribution in [1.29, 1.82) is 0 Å². The second-order valence-electron chi connectivity index (χ2n) is 2.70. The highest BCUT2D eigenvalue weighted by Crippen LogP contribution is 2.12. The molecule has 0 N–H and O–H groups in total. The van der Waals surface area contributed by atoms with Crippen LogP contribution in [0.4, 0.5) is 0 Å². The van der Waals surface area contributed by atoms with E-state index in [0.29, 0.717) is 0 Å². The van der Waals surface area contributed by atoms with E-state index in [1.165, 1.54) is 0 Å². The molecule has 1 aromatic rings. The minimum Gasteiger partial charge on any atom is -0.244 e. The Morgan fingerprint density at radius 1 is 1.33 bits per heavy atom. The maximum absolute atomic E-state index is 11.6. The second-order valence-corrected chi connectivity index (χ2v) is 5.43. The molecule has 66 valence electrons. The maximum atomic E-state index is 11.6. The molecule has 0 saturated heterocycles. The van der Waals surface area contributed by atoms with E-state index >= 15 is 0 Å². The van der Waals surface area contributed by atoms with Crippen LogP contribution in [0, 0.1) is 6.92 Å². The highest BCUT2D eigenvalue weighted by Gasteiger charge is 2.02. The van der Waals surface area contributed by atoms with E-state index in [2.05, 4.69) is 16.6 Å². The molecular formula is C8H11NOS2. The Morgan fingerprint density at radius 3 is 2.25 bits per heavy atom. The molecule has 0 aliphatic heterocycles. The number of hydrogen-bond acceptors (Lipinski definition) is 2. The minimum absolute atomic E-state index is 0.725. The summed E-state index contributed by atoms with van der Waals surface area (Å²) < 4.78 is 15.2. The number of aryl methyl sites for hydroxylation is 1. The van der Waals surface area contributed by atoms with Gasteiger partial charge in [-0.2, -0.15) is 3.77 Å². The van der Waals surface area contributed by atoms with Crippen LogP contribution in [0.1, 0.15) is 5.56 Å². The van der Waals surface area contributed by atoms with Gasteiger partial charge in [0.25, 0.3) is 0 Å². The molecule has 12 heavy (non-hydrogen) atoms. The van der Waals surface area contributed by atoms with Gasteiger partial charge in [0.1, 0.15) is 0 Å². The van der Waals surface area contributed by atoms with Crippen LogP contribution in [-0.2, 0) is 9.73 Å². The predicted octanol–water partition coefficient (Wildman–Crippen LogP) is 2.30. The van der Waals surface area contributed by atoms with Gasteiger partial charge < -0.3 is 0 Å². The van der Waals surface area contributed by atoms with E-state index in [1.54, 1.807) is 6.26 Å². The van der Waals surface area contributed by atoms with Crippen LogP contribution in [0.2, 0.25) is 0 Å². The van der Waals surface area contributed by atoms with E-state index < -0.39 is 9.73 Å². The van der Waals surface area contributed by atoms with Crippen molar-refractivity contribution in [2.45, 2.75) is 11.8 Å². The number of rotatable bonds is 1. The van der Waals surface area contributed by atoms with Crippen LogP contribution in [0.3, 0.4) is 0 Å². The van der Waals surface area contributed by atoms with Crippen LogP contribution >= 0.6 is 12.8 Å². The second kappa shape index (κ2) is 3.49. The monoisotopic (exact) mass is 201 g/mol. The van der Waals surface area contributed by atoms with Gasteiger partial charge in [-0.25, -0.2) is 4.21 Å². The maximum Gasteiger partial charge on any atom is 0.0829 e. The fraction of sp³-hybridized carbons (Fsp3) is 0.250. The summed E-state index contributed by atoms with van der Waals surface area (Å²) in [5, 5.41) is 0. The first kappa shape index (κ1) is 9.61. The molecule has 1 aromatic carbocycles. The number of nitrogens with zero attached hydrogens (tertiary/aromatic N) is 1. The first-order valence-electron chi connectivity index (χ1n) is 3.48. The molecule has 1 rings (SSSR count). The van der Waals surface area contributed by atoms with E-state index in [0.717, 1.165) is 10.5 Å². The number of benzene rings is 1. The lowest BCUT2D eigenvalue weighted by Crippen LogP contribution is -1.95. The quantitative estimate of drug-likeness (QED) is 0.694. The molecule has 0 fully saturated rings. The van der Waals surface area contributed by atoms with Crippen molar-refractivity contribution < 1.29 is 4.21 Å². The van der Waals surface area contributed by atoms with Gasteiger partial charge in [0.15, 0.2) is 0 Å². The molecule has 0 radical (unpaired) electrons. The minimum atomic E-state index is -2.28. The third kappa shape index (κ3) is 2.01. The zero-order valence-electron chi connectivity index (χ0n) is 7.02. The SMILES string of the molecule is Cc1ccc(S(C)(=O)=NS)cc1. The topological polar surface area (TPSA) is 29.4 Å². The van der Waals surface area contributed by atoms with Gasteiger partial charge in [0.05, 0.1) is 9.73 Å². The molecule has 4 heteroatoms. The average molecular weight is 201 g/mol. The summed E-state index contributed by atoms with van der Waals surface area (Å²) in [5.41, 5.74) is 1.15. The summed E-state index contributed by atoms with van der Waals surface area (Å²) in [5.74, 6) is 0. The van der Waals surface area contributed by atoms with Crippen molar-refractivity contribution in [3.63, 3.8) is 0 Å². The zero-order chi connectivity index (χ0) is 9.19. The Labute approximate surface area is 78.7 Å². The van der Waals surface area contributed by atoms with E-state index in [9.17, 15) is 4.21 Å². The van der Waals surface area contributed by atoms with Crippen molar-refractivity contribution in [1.82, 2.24) is 0 Å². The normalized spacial score (nSPS) is 15.2. The summed E-state index contributed by atoms with van der Waals surface area (Å²) in [7, 11) is -2.28. The number of thiol groups is 1. The lowest BCUT2D eigenvalue weighted by atomic mass is 10.2. The van der Waals surface area contributed by atoms with Crippen molar-refractivity contribution in [3.05, 3.63) is 29.8 Å². The Morgan fingerprint density at radius 2 is 1.83 bits per heavy atom. The average Bonchev–Trinajstić information content (AvgIpc) is 2.05. The fourth-order valence-corrected chi connectivity index (χ4v) is 1.86. The van der Waals surface area contributed by atoms with Gasteiger partial charge in [0, 0.05) is 11.2 Å². The molecule has 0 aromatic heterocycles. The van der Waals surface area contributed by atoms with E-state index in [-0.39, 0.29) is 0 Å².